The summed E-state index contributed by atoms with van der Waals surface area (Å²) < 4.78 is 0. The standard InChI is InChI=1S/C14H10N2O/c1-9-4-11-2-3-12-5-10(8-17)7-16-14(12)13(11)15-6-9/h2-8H,1H3. The SMILES string of the molecule is Cc1cnc2c(ccc3cc(C=O)cnc32)c1. The molecule has 0 amide bonds. The fourth-order valence-corrected chi connectivity index (χ4v) is 1.98. The minimum Gasteiger partial charge on any atom is -0.298 e. The van der Waals surface area contributed by atoms with Crippen LogP contribution in [0, 0.1) is 6.92 Å². The Morgan fingerprint density at radius 3 is 2.35 bits per heavy atom. The molecule has 3 heteroatoms. The number of aromatic nitrogens is 2. The van der Waals surface area contributed by atoms with Gasteiger partial charge in [-0.1, -0.05) is 12.1 Å². The predicted octanol–water partition coefficient (Wildman–Crippen LogP) is 2.90. The Morgan fingerprint density at radius 2 is 1.65 bits per heavy atom. The van der Waals surface area contributed by atoms with Gasteiger partial charge in [0.1, 0.15) is 0 Å². The zero-order valence-electron chi connectivity index (χ0n) is 9.34. The second-order valence-electron chi connectivity index (χ2n) is 4.11. The number of carbonyl (C=O) groups is 1. The molecule has 17 heavy (non-hydrogen) atoms. The number of nitrogens with zero attached hydrogens (tertiary/aromatic N) is 2. The van der Waals surface area contributed by atoms with Gasteiger partial charge in [0.25, 0.3) is 0 Å². The molecule has 3 aromatic rings. The van der Waals surface area contributed by atoms with Crippen LogP contribution in [-0.2, 0) is 0 Å². The highest BCUT2D eigenvalue weighted by atomic mass is 16.1. The Labute approximate surface area is 98.1 Å². The maximum absolute atomic E-state index is 10.7. The summed E-state index contributed by atoms with van der Waals surface area (Å²) in [4.78, 5) is 19.4. The fraction of sp³-hybridized carbons (Fsp3) is 0.0714. The predicted molar refractivity (Wildman–Crippen MR) is 67.2 cm³/mol. The Morgan fingerprint density at radius 1 is 1.00 bits per heavy atom. The molecule has 0 atom stereocenters. The zero-order chi connectivity index (χ0) is 11.8. The quantitative estimate of drug-likeness (QED) is 0.469. The van der Waals surface area contributed by atoms with Crippen LogP contribution < -0.4 is 0 Å². The normalized spacial score (nSPS) is 10.9. The Hall–Kier alpha value is -2.29. The highest BCUT2D eigenvalue weighted by Crippen LogP contribution is 2.22. The topological polar surface area (TPSA) is 42.9 Å². The van der Waals surface area contributed by atoms with Gasteiger partial charge in [0.2, 0.25) is 0 Å². The minimum absolute atomic E-state index is 0.587. The van der Waals surface area contributed by atoms with Gasteiger partial charge in [-0.2, -0.15) is 0 Å². The third kappa shape index (κ3) is 1.56. The second kappa shape index (κ2) is 3.63. The van der Waals surface area contributed by atoms with Crippen molar-refractivity contribution in [2.24, 2.45) is 0 Å². The van der Waals surface area contributed by atoms with E-state index in [1.54, 1.807) is 6.20 Å². The molecule has 0 spiro atoms. The molecular weight excluding hydrogens is 212 g/mol. The second-order valence-corrected chi connectivity index (χ2v) is 4.11. The average Bonchev–Trinajstić information content (AvgIpc) is 2.37. The summed E-state index contributed by atoms with van der Waals surface area (Å²) in [6.45, 7) is 2.01. The van der Waals surface area contributed by atoms with Crippen LogP contribution in [0.5, 0.6) is 0 Å². The summed E-state index contributed by atoms with van der Waals surface area (Å²) >= 11 is 0. The highest BCUT2D eigenvalue weighted by molar-refractivity contribution is 6.03. The number of benzene rings is 1. The van der Waals surface area contributed by atoms with Gasteiger partial charge in [0.05, 0.1) is 11.0 Å². The van der Waals surface area contributed by atoms with Gasteiger partial charge >= 0.3 is 0 Å². The summed E-state index contributed by atoms with van der Waals surface area (Å²) in [5.41, 5.74) is 3.43. The molecule has 3 rings (SSSR count). The molecule has 3 nitrogen and oxygen atoms in total. The average molecular weight is 222 g/mol. The van der Waals surface area contributed by atoms with Gasteiger partial charge in [-0.15, -0.1) is 0 Å². The Bertz CT molecular complexity index is 735. The van der Waals surface area contributed by atoms with Crippen molar-refractivity contribution in [2.75, 3.05) is 0 Å². The summed E-state index contributed by atoms with van der Waals surface area (Å²) in [6, 6.07) is 7.89. The smallest absolute Gasteiger partial charge is 0.151 e. The van der Waals surface area contributed by atoms with Crippen molar-refractivity contribution in [1.82, 2.24) is 9.97 Å². The third-order valence-corrected chi connectivity index (χ3v) is 2.80. The number of pyridine rings is 2. The number of hydrogen-bond donors (Lipinski definition) is 0. The molecule has 0 bridgehead atoms. The van der Waals surface area contributed by atoms with Crippen molar-refractivity contribution >= 4 is 28.1 Å². The molecule has 0 aliphatic rings. The van der Waals surface area contributed by atoms with Gasteiger partial charge in [-0.05, 0) is 24.6 Å². The molecule has 82 valence electrons. The van der Waals surface area contributed by atoms with Crippen LogP contribution in [0.1, 0.15) is 15.9 Å². The number of hydrogen-bond acceptors (Lipinski definition) is 3. The molecule has 0 fully saturated rings. The molecule has 2 heterocycles. The van der Waals surface area contributed by atoms with Crippen molar-refractivity contribution in [3.8, 4) is 0 Å². The lowest BCUT2D eigenvalue weighted by Crippen LogP contribution is -1.88. The number of fused-ring (bicyclic) bond motifs is 3. The Kier molecular flexibility index (Phi) is 2.11. The third-order valence-electron chi connectivity index (χ3n) is 2.80. The van der Waals surface area contributed by atoms with E-state index in [1.807, 2.05) is 31.3 Å². The fourth-order valence-electron chi connectivity index (χ4n) is 1.98. The maximum Gasteiger partial charge on any atom is 0.151 e. The van der Waals surface area contributed by atoms with E-state index in [1.165, 1.54) is 0 Å². The van der Waals surface area contributed by atoms with E-state index in [4.69, 9.17) is 0 Å². The van der Waals surface area contributed by atoms with Gasteiger partial charge in [-0.3, -0.25) is 14.8 Å². The van der Waals surface area contributed by atoms with Gasteiger partial charge < -0.3 is 0 Å². The van der Waals surface area contributed by atoms with Crippen molar-refractivity contribution in [3.63, 3.8) is 0 Å². The Balaban J connectivity index is 2.44. The molecule has 0 unspecified atom stereocenters. The van der Waals surface area contributed by atoms with Crippen LogP contribution in [0.4, 0.5) is 0 Å². The first-order chi connectivity index (χ1) is 8.28. The first kappa shape index (κ1) is 9.90. The van der Waals surface area contributed by atoms with Crippen molar-refractivity contribution in [3.05, 3.63) is 47.8 Å². The number of rotatable bonds is 1. The van der Waals surface area contributed by atoms with Gasteiger partial charge in [-0.25, -0.2) is 0 Å². The van der Waals surface area contributed by atoms with Gasteiger partial charge in [0.15, 0.2) is 6.29 Å². The van der Waals surface area contributed by atoms with Crippen molar-refractivity contribution in [1.29, 1.82) is 0 Å². The van der Waals surface area contributed by atoms with E-state index < -0.39 is 0 Å². The van der Waals surface area contributed by atoms with E-state index in [9.17, 15) is 4.79 Å². The van der Waals surface area contributed by atoms with Crippen LogP contribution >= 0.6 is 0 Å². The minimum atomic E-state index is 0.587. The van der Waals surface area contributed by atoms with E-state index in [0.29, 0.717) is 5.56 Å². The van der Waals surface area contributed by atoms with E-state index in [-0.39, 0.29) is 0 Å². The number of aldehydes is 1. The number of carbonyl (C=O) groups excluding carboxylic acids is 1. The molecule has 0 saturated carbocycles. The first-order valence-corrected chi connectivity index (χ1v) is 5.38. The maximum atomic E-state index is 10.7. The van der Waals surface area contributed by atoms with Gasteiger partial charge in [0, 0.05) is 28.7 Å². The molecule has 0 radical (unpaired) electrons. The molecule has 0 N–H and O–H groups in total. The lowest BCUT2D eigenvalue weighted by Gasteiger charge is -2.03. The lowest BCUT2D eigenvalue weighted by atomic mass is 10.1. The van der Waals surface area contributed by atoms with Crippen LogP contribution in [-0.4, -0.2) is 16.3 Å². The summed E-state index contributed by atoms with van der Waals surface area (Å²) in [6.07, 6.45) is 4.21. The van der Waals surface area contributed by atoms with E-state index in [0.717, 1.165) is 33.7 Å². The lowest BCUT2D eigenvalue weighted by molar-refractivity contribution is 0.112. The first-order valence-electron chi connectivity index (χ1n) is 5.38. The highest BCUT2D eigenvalue weighted by Gasteiger charge is 2.04. The summed E-state index contributed by atoms with van der Waals surface area (Å²) in [5, 5.41) is 2.02. The van der Waals surface area contributed by atoms with Crippen molar-refractivity contribution in [2.45, 2.75) is 6.92 Å². The monoisotopic (exact) mass is 222 g/mol. The molecular formula is C14H10N2O. The molecule has 0 saturated heterocycles. The summed E-state index contributed by atoms with van der Waals surface area (Å²) in [7, 11) is 0. The summed E-state index contributed by atoms with van der Waals surface area (Å²) in [5.74, 6) is 0. The largest absolute Gasteiger partial charge is 0.298 e. The molecule has 0 aliphatic carbocycles. The van der Waals surface area contributed by atoms with Crippen LogP contribution in [0.25, 0.3) is 21.8 Å². The molecule has 1 aromatic carbocycles. The van der Waals surface area contributed by atoms with E-state index in [2.05, 4.69) is 16.0 Å². The van der Waals surface area contributed by atoms with Crippen molar-refractivity contribution < 1.29 is 4.79 Å². The van der Waals surface area contributed by atoms with Crippen LogP contribution in [0.3, 0.4) is 0 Å². The van der Waals surface area contributed by atoms with Crippen LogP contribution in [0.2, 0.25) is 0 Å². The number of aryl methyl sites for hydroxylation is 1. The zero-order valence-corrected chi connectivity index (χ0v) is 9.34. The van der Waals surface area contributed by atoms with Crippen LogP contribution in [0.15, 0.2) is 36.7 Å². The molecule has 2 aromatic heterocycles. The molecule has 0 aliphatic heterocycles. The van der Waals surface area contributed by atoms with E-state index >= 15 is 0 Å².